The van der Waals surface area contributed by atoms with Crippen LogP contribution in [0.1, 0.15) is 53.5 Å². The molecule has 1 aliphatic rings. The first-order valence-electron chi connectivity index (χ1n) is 8.38. The van der Waals surface area contributed by atoms with Crippen LogP contribution in [0.25, 0.3) is 0 Å². The molecule has 1 heterocycles. The third-order valence-corrected chi connectivity index (χ3v) is 5.14. The molecule has 3 nitrogen and oxygen atoms in total. The van der Waals surface area contributed by atoms with Gasteiger partial charge in [0.25, 0.3) is 0 Å². The van der Waals surface area contributed by atoms with E-state index < -0.39 is 5.82 Å². The maximum Gasteiger partial charge on any atom is 0.183 e. The van der Waals surface area contributed by atoms with Crippen LogP contribution in [0.5, 0.6) is 0 Å². The molecule has 0 aliphatic heterocycles. The van der Waals surface area contributed by atoms with Crippen molar-refractivity contribution in [2.24, 2.45) is 0 Å². The van der Waals surface area contributed by atoms with E-state index in [9.17, 15) is 9.18 Å². The average molecular weight is 349 g/mol. The fourth-order valence-electron chi connectivity index (χ4n) is 3.67. The first-order valence-corrected chi connectivity index (χ1v) is 8.75. The van der Waals surface area contributed by atoms with Crippen LogP contribution in [0, 0.1) is 19.7 Å². The quantitative estimate of drug-likeness (QED) is 0.743. The molecule has 0 amide bonds. The van der Waals surface area contributed by atoms with Gasteiger partial charge in [0.05, 0.1) is 11.6 Å². The molecule has 5 heteroatoms. The topological polar surface area (TPSA) is 34.0 Å². The Morgan fingerprint density at radius 1 is 1.29 bits per heavy atom. The predicted octanol–water partition coefficient (Wildman–Crippen LogP) is 5.31. The number of ketones is 1. The Hall–Kier alpha value is -1.81. The Bertz CT molecular complexity index is 763. The van der Waals surface area contributed by atoms with Crippen molar-refractivity contribution in [3.05, 3.63) is 52.1 Å². The lowest BCUT2D eigenvalue weighted by Crippen LogP contribution is -2.15. The number of Topliss-reactive ketones (excluding diaryl/α,β-unsaturated/α-hetero) is 1. The third-order valence-electron chi connectivity index (χ3n) is 4.85. The molecule has 24 heavy (non-hydrogen) atoms. The van der Waals surface area contributed by atoms with Crippen LogP contribution in [0.4, 0.5) is 10.1 Å². The largest absolute Gasteiger partial charge is 0.378 e. The van der Waals surface area contributed by atoms with Gasteiger partial charge in [-0.1, -0.05) is 24.4 Å². The van der Waals surface area contributed by atoms with Crippen LogP contribution in [-0.2, 0) is 0 Å². The van der Waals surface area contributed by atoms with E-state index in [1.807, 2.05) is 13.0 Å². The molecule has 1 saturated carbocycles. The summed E-state index contributed by atoms with van der Waals surface area (Å²) < 4.78 is 15.5. The van der Waals surface area contributed by atoms with Crippen LogP contribution in [0.2, 0.25) is 5.02 Å². The van der Waals surface area contributed by atoms with Gasteiger partial charge in [-0.15, -0.1) is 0 Å². The highest BCUT2D eigenvalue weighted by molar-refractivity contribution is 6.31. The van der Waals surface area contributed by atoms with Crippen LogP contribution in [0.3, 0.4) is 0 Å². The molecule has 0 radical (unpaired) electrons. The summed E-state index contributed by atoms with van der Waals surface area (Å²) in [6.07, 6.45) is 4.91. The Morgan fingerprint density at radius 3 is 2.67 bits per heavy atom. The van der Waals surface area contributed by atoms with Crippen molar-refractivity contribution >= 4 is 23.1 Å². The predicted molar refractivity (Wildman–Crippen MR) is 95.6 cm³/mol. The molecular weight excluding hydrogens is 327 g/mol. The number of anilines is 1. The van der Waals surface area contributed by atoms with E-state index >= 15 is 0 Å². The summed E-state index contributed by atoms with van der Waals surface area (Å²) in [6, 6.07) is 6.87. The molecule has 1 N–H and O–H groups in total. The van der Waals surface area contributed by atoms with Crippen molar-refractivity contribution in [3.8, 4) is 0 Å². The lowest BCUT2D eigenvalue weighted by atomic mass is 10.1. The van der Waals surface area contributed by atoms with Gasteiger partial charge in [0.1, 0.15) is 5.82 Å². The van der Waals surface area contributed by atoms with Gasteiger partial charge in [-0.3, -0.25) is 4.79 Å². The highest BCUT2D eigenvalue weighted by atomic mass is 35.5. The molecule has 1 aromatic heterocycles. The van der Waals surface area contributed by atoms with Crippen molar-refractivity contribution in [2.45, 2.75) is 45.6 Å². The van der Waals surface area contributed by atoms with E-state index in [-0.39, 0.29) is 17.4 Å². The van der Waals surface area contributed by atoms with Gasteiger partial charge in [0, 0.05) is 28.7 Å². The zero-order chi connectivity index (χ0) is 17.3. The van der Waals surface area contributed by atoms with E-state index in [4.69, 9.17) is 11.6 Å². The van der Waals surface area contributed by atoms with Crippen LogP contribution < -0.4 is 5.32 Å². The summed E-state index contributed by atoms with van der Waals surface area (Å²) in [5.41, 5.74) is 3.59. The summed E-state index contributed by atoms with van der Waals surface area (Å²) in [6.45, 7) is 4.25. The first-order chi connectivity index (χ1) is 11.5. The molecule has 0 saturated heterocycles. The molecular formula is C19H22ClFN2O. The number of aryl methyl sites for hydroxylation is 1. The second kappa shape index (κ2) is 6.98. The summed E-state index contributed by atoms with van der Waals surface area (Å²) in [4.78, 5) is 12.6. The number of hydrogen-bond donors (Lipinski definition) is 1. The van der Waals surface area contributed by atoms with Crippen LogP contribution >= 0.6 is 11.6 Å². The molecule has 0 atom stereocenters. The summed E-state index contributed by atoms with van der Waals surface area (Å²) >= 11 is 5.76. The highest BCUT2D eigenvalue weighted by Crippen LogP contribution is 2.33. The summed E-state index contributed by atoms with van der Waals surface area (Å²) in [5.74, 6) is -0.429. The number of aromatic nitrogens is 1. The number of hydrogen-bond acceptors (Lipinski definition) is 2. The fraction of sp³-hybridized carbons (Fsp3) is 0.421. The number of rotatable bonds is 5. The monoisotopic (exact) mass is 348 g/mol. The molecule has 1 aliphatic carbocycles. The van der Waals surface area contributed by atoms with Gasteiger partial charge < -0.3 is 9.88 Å². The number of nitrogens with one attached hydrogen (secondary N) is 1. The molecule has 1 aromatic carbocycles. The second-order valence-electron chi connectivity index (χ2n) is 6.50. The van der Waals surface area contributed by atoms with Gasteiger partial charge >= 0.3 is 0 Å². The number of halogens is 2. The maximum atomic E-state index is 13.2. The third kappa shape index (κ3) is 3.34. The number of carbonyl (C=O) groups excluding carboxylic acids is 1. The first kappa shape index (κ1) is 17.0. The lowest BCUT2D eigenvalue weighted by molar-refractivity contribution is 0.101. The smallest absolute Gasteiger partial charge is 0.183 e. The molecule has 3 rings (SSSR count). The van der Waals surface area contributed by atoms with Crippen LogP contribution in [0.15, 0.2) is 24.3 Å². The van der Waals surface area contributed by atoms with Gasteiger partial charge in [-0.25, -0.2) is 4.39 Å². The van der Waals surface area contributed by atoms with E-state index in [1.54, 1.807) is 6.07 Å². The van der Waals surface area contributed by atoms with Crippen molar-refractivity contribution in [3.63, 3.8) is 0 Å². The zero-order valence-electron chi connectivity index (χ0n) is 14.0. The molecule has 1 fully saturated rings. The molecule has 2 aromatic rings. The van der Waals surface area contributed by atoms with E-state index in [0.717, 1.165) is 17.0 Å². The number of benzene rings is 1. The van der Waals surface area contributed by atoms with Crippen molar-refractivity contribution < 1.29 is 9.18 Å². The zero-order valence-corrected chi connectivity index (χ0v) is 14.8. The molecule has 128 valence electrons. The Balaban J connectivity index is 1.73. The second-order valence-corrected chi connectivity index (χ2v) is 6.91. The number of carbonyl (C=O) groups is 1. The Kier molecular flexibility index (Phi) is 4.95. The van der Waals surface area contributed by atoms with Gasteiger partial charge in [-0.05, 0) is 51.0 Å². The van der Waals surface area contributed by atoms with Crippen LogP contribution in [-0.4, -0.2) is 16.9 Å². The number of nitrogens with zero attached hydrogens (tertiary/aromatic N) is 1. The minimum Gasteiger partial charge on any atom is -0.378 e. The van der Waals surface area contributed by atoms with Gasteiger partial charge in [0.15, 0.2) is 5.78 Å². The maximum absolute atomic E-state index is 13.2. The SMILES string of the molecule is Cc1cc(C(=O)CNc2ccc(F)c(Cl)c2)c(C)n1C1CCCC1. The Labute approximate surface area is 146 Å². The molecule has 0 spiro atoms. The molecule has 0 bridgehead atoms. The average Bonchev–Trinajstić information content (AvgIpc) is 3.16. The standard InChI is InChI=1S/C19H22ClFN2O/c1-12-9-16(13(2)23(12)15-5-3-4-6-15)19(24)11-22-14-7-8-18(21)17(20)10-14/h7-10,15,22H,3-6,11H2,1-2H3. The van der Waals surface area contributed by atoms with Gasteiger partial charge in [-0.2, -0.15) is 0 Å². The highest BCUT2D eigenvalue weighted by Gasteiger charge is 2.23. The summed E-state index contributed by atoms with van der Waals surface area (Å²) in [5, 5.41) is 3.07. The van der Waals surface area contributed by atoms with Gasteiger partial charge in [0.2, 0.25) is 0 Å². The fourth-order valence-corrected chi connectivity index (χ4v) is 3.85. The van der Waals surface area contributed by atoms with Crippen molar-refractivity contribution in [2.75, 3.05) is 11.9 Å². The van der Waals surface area contributed by atoms with E-state index in [1.165, 1.54) is 37.8 Å². The van der Waals surface area contributed by atoms with E-state index in [0.29, 0.717) is 11.7 Å². The van der Waals surface area contributed by atoms with Crippen molar-refractivity contribution in [1.82, 2.24) is 4.57 Å². The van der Waals surface area contributed by atoms with Crippen molar-refractivity contribution in [1.29, 1.82) is 0 Å². The van der Waals surface area contributed by atoms with E-state index in [2.05, 4.69) is 16.8 Å². The Morgan fingerprint density at radius 2 is 2.00 bits per heavy atom. The minimum absolute atomic E-state index is 0.0350. The summed E-state index contributed by atoms with van der Waals surface area (Å²) in [7, 11) is 0. The normalized spacial score (nSPS) is 15.0. The minimum atomic E-state index is -0.464. The molecule has 0 unspecified atom stereocenters. The lowest BCUT2D eigenvalue weighted by Gasteiger charge is -2.17.